The Bertz CT molecular complexity index is 1100. The lowest BCUT2D eigenvalue weighted by molar-refractivity contribution is -0.130. The fourth-order valence-electron chi connectivity index (χ4n) is 3.43. The fourth-order valence-corrected chi connectivity index (χ4v) is 5.32. The molecule has 1 aliphatic heterocycles. The van der Waals surface area contributed by atoms with Gasteiger partial charge in [-0.2, -0.15) is 0 Å². The number of thiazole rings is 1. The van der Waals surface area contributed by atoms with Crippen LogP contribution < -0.4 is 10.2 Å². The zero-order valence-corrected chi connectivity index (χ0v) is 20.8. The van der Waals surface area contributed by atoms with Crippen molar-refractivity contribution in [2.45, 2.75) is 10.8 Å². The summed E-state index contributed by atoms with van der Waals surface area (Å²) in [7, 11) is 0. The lowest BCUT2D eigenvalue weighted by atomic mass is 10.2. The van der Waals surface area contributed by atoms with Gasteiger partial charge in [-0.1, -0.05) is 35.0 Å². The number of piperazine rings is 1. The number of hydrogen-bond donors (Lipinski definition) is 1. The third-order valence-corrected chi connectivity index (χ3v) is 7.72. The minimum absolute atomic E-state index is 0.0769. The summed E-state index contributed by atoms with van der Waals surface area (Å²) in [4.78, 5) is 33.5. The number of thioether (sulfide) groups is 1. The molecule has 2 amide bonds. The maximum atomic E-state index is 12.7. The summed E-state index contributed by atoms with van der Waals surface area (Å²) in [6.45, 7) is 2.93. The molecule has 172 valence electrons. The van der Waals surface area contributed by atoms with Crippen LogP contribution in [0, 0.1) is 0 Å². The highest BCUT2D eigenvalue weighted by atomic mass is 35.5. The molecule has 33 heavy (non-hydrogen) atoms. The van der Waals surface area contributed by atoms with Crippen molar-refractivity contribution >= 4 is 69.5 Å². The van der Waals surface area contributed by atoms with E-state index in [9.17, 15) is 9.59 Å². The van der Waals surface area contributed by atoms with Gasteiger partial charge in [-0.3, -0.25) is 9.59 Å². The van der Waals surface area contributed by atoms with Crippen LogP contribution in [0.3, 0.4) is 0 Å². The van der Waals surface area contributed by atoms with Crippen LogP contribution in [-0.2, 0) is 16.0 Å². The molecule has 1 saturated heterocycles. The molecule has 1 fully saturated rings. The van der Waals surface area contributed by atoms with Crippen molar-refractivity contribution in [3.8, 4) is 0 Å². The number of rotatable bonds is 7. The average Bonchev–Trinajstić information content (AvgIpc) is 3.27. The summed E-state index contributed by atoms with van der Waals surface area (Å²) in [5.74, 6) is 0.206. The monoisotopic (exact) mass is 520 g/mol. The second kappa shape index (κ2) is 11.2. The first-order valence-corrected chi connectivity index (χ1v) is 13.0. The van der Waals surface area contributed by atoms with Crippen molar-refractivity contribution in [2.24, 2.45) is 0 Å². The Morgan fingerprint density at radius 2 is 1.61 bits per heavy atom. The molecule has 0 unspecified atom stereocenters. The van der Waals surface area contributed by atoms with Gasteiger partial charge in [-0.25, -0.2) is 4.98 Å². The molecule has 0 atom stereocenters. The molecule has 3 aromatic rings. The minimum atomic E-state index is -0.117. The number of nitrogens with one attached hydrogen (secondary N) is 1. The van der Waals surface area contributed by atoms with Gasteiger partial charge in [0.25, 0.3) is 0 Å². The Morgan fingerprint density at radius 1 is 0.970 bits per heavy atom. The molecule has 2 aromatic carbocycles. The number of amides is 2. The van der Waals surface area contributed by atoms with Crippen molar-refractivity contribution in [3.05, 3.63) is 69.7 Å². The van der Waals surface area contributed by atoms with E-state index in [0.717, 1.165) is 33.8 Å². The van der Waals surface area contributed by atoms with Crippen molar-refractivity contribution in [3.63, 3.8) is 0 Å². The number of nitrogens with zero attached hydrogens (tertiary/aromatic N) is 3. The van der Waals surface area contributed by atoms with Crippen LogP contribution in [0.1, 0.15) is 5.69 Å². The summed E-state index contributed by atoms with van der Waals surface area (Å²) in [5, 5.41) is 6.06. The molecule has 0 aliphatic carbocycles. The van der Waals surface area contributed by atoms with Crippen LogP contribution in [0.4, 0.5) is 11.4 Å². The molecule has 0 spiro atoms. The summed E-state index contributed by atoms with van der Waals surface area (Å²) in [6.07, 6.45) is 0.273. The number of benzene rings is 2. The van der Waals surface area contributed by atoms with E-state index >= 15 is 0 Å². The fraction of sp³-hybridized carbons (Fsp3) is 0.261. The van der Waals surface area contributed by atoms with E-state index < -0.39 is 0 Å². The van der Waals surface area contributed by atoms with Crippen molar-refractivity contribution in [1.82, 2.24) is 9.88 Å². The quantitative estimate of drug-likeness (QED) is 0.440. The van der Waals surface area contributed by atoms with Crippen LogP contribution in [-0.4, -0.2) is 53.6 Å². The van der Waals surface area contributed by atoms with E-state index in [1.807, 2.05) is 34.5 Å². The van der Waals surface area contributed by atoms with Gasteiger partial charge in [0, 0.05) is 53.0 Å². The van der Waals surface area contributed by atoms with Gasteiger partial charge in [0.2, 0.25) is 11.8 Å². The van der Waals surface area contributed by atoms with Crippen LogP contribution in [0.25, 0.3) is 0 Å². The zero-order chi connectivity index (χ0) is 23.2. The predicted molar refractivity (Wildman–Crippen MR) is 137 cm³/mol. The molecular weight excluding hydrogens is 499 g/mol. The minimum Gasteiger partial charge on any atom is -0.368 e. The lowest BCUT2D eigenvalue weighted by Gasteiger charge is -2.36. The summed E-state index contributed by atoms with van der Waals surface area (Å²) in [5.41, 5.74) is 2.56. The standard InChI is InChI=1S/C23H22Cl2N4O2S2/c24-16-1-5-18(6-2-16)26-21(30)15-33-23-27-19(14-32-23)13-22(31)29-11-9-28(10-12-29)20-7-3-17(25)4-8-20/h1-8,14H,9-13,15H2,(H,26,30). The molecule has 1 aliphatic rings. The maximum Gasteiger partial charge on any atom is 0.234 e. The highest BCUT2D eigenvalue weighted by Gasteiger charge is 2.22. The normalized spacial score (nSPS) is 13.8. The molecule has 0 radical (unpaired) electrons. The largest absolute Gasteiger partial charge is 0.368 e. The van der Waals surface area contributed by atoms with Crippen LogP contribution in [0.5, 0.6) is 0 Å². The van der Waals surface area contributed by atoms with E-state index in [4.69, 9.17) is 23.2 Å². The summed E-state index contributed by atoms with van der Waals surface area (Å²) < 4.78 is 0.775. The van der Waals surface area contributed by atoms with Gasteiger partial charge in [0.1, 0.15) is 0 Å². The number of aromatic nitrogens is 1. The van der Waals surface area contributed by atoms with Crippen LogP contribution >= 0.6 is 46.3 Å². The molecular formula is C23H22Cl2N4O2S2. The van der Waals surface area contributed by atoms with E-state index in [1.165, 1.54) is 23.1 Å². The van der Waals surface area contributed by atoms with E-state index in [0.29, 0.717) is 23.8 Å². The molecule has 2 heterocycles. The zero-order valence-electron chi connectivity index (χ0n) is 17.7. The third-order valence-electron chi connectivity index (χ3n) is 5.14. The molecule has 1 N–H and O–H groups in total. The highest BCUT2D eigenvalue weighted by Crippen LogP contribution is 2.24. The van der Waals surface area contributed by atoms with Gasteiger partial charge < -0.3 is 15.1 Å². The highest BCUT2D eigenvalue weighted by molar-refractivity contribution is 8.01. The Morgan fingerprint density at radius 3 is 2.27 bits per heavy atom. The van der Waals surface area contributed by atoms with Crippen molar-refractivity contribution < 1.29 is 9.59 Å². The SMILES string of the molecule is O=C(CSc1nc(CC(=O)N2CCN(c3ccc(Cl)cc3)CC2)cs1)Nc1ccc(Cl)cc1. The second-order valence-corrected chi connectivity index (χ2v) is 10.4. The second-order valence-electron chi connectivity index (χ2n) is 7.47. The van der Waals surface area contributed by atoms with E-state index in [-0.39, 0.29) is 24.0 Å². The number of carbonyl (C=O) groups excluding carboxylic acids is 2. The topological polar surface area (TPSA) is 65.5 Å². The van der Waals surface area contributed by atoms with Gasteiger partial charge in [-0.05, 0) is 48.5 Å². The van der Waals surface area contributed by atoms with Crippen LogP contribution in [0.15, 0.2) is 58.3 Å². The molecule has 0 saturated carbocycles. The molecule has 1 aromatic heterocycles. The number of carbonyl (C=O) groups is 2. The smallest absolute Gasteiger partial charge is 0.234 e. The Balaban J connectivity index is 1.21. The average molecular weight is 521 g/mol. The molecule has 4 rings (SSSR count). The van der Waals surface area contributed by atoms with Crippen molar-refractivity contribution in [1.29, 1.82) is 0 Å². The maximum absolute atomic E-state index is 12.7. The number of halogens is 2. The van der Waals surface area contributed by atoms with Crippen molar-refractivity contribution in [2.75, 3.05) is 42.1 Å². The predicted octanol–water partition coefficient (Wildman–Crippen LogP) is 5.07. The molecule has 10 heteroatoms. The third kappa shape index (κ3) is 6.86. The van der Waals surface area contributed by atoms with Gasteiger partial charge in [-0.15, -0.1) is 11.3 Å². The summed E-state index contributed by atoms with van der Waals surface area (Å²) >= 11 is 14.6. The van der Waals surface area contributed by atoms with E-state index in [2.05, 4.69) is 15.2 Å². The Labute approximate surface area is 210 Å². The lowest BCUT2D eigenvalue weighted by Crippen LogP contribution is -2.49. The number of hydrogen-bond acceptors (Lipinski definition) is 6. The van der Waals surface area contributed by atoms with E-state index in [1.54, 1.807) is 24.3 Å². The first kappa shape index (κ1) is 23.9. The first-order chi connectivity index (χ1) is 16.0. The molecule has 6 nitrogen and oxygen atoms in total. The number of anilines is 2. The molecule has 0 bridgehead atoms. The Kier molecular flexibility index (Phi) is 8.14. The van der Waals surface area contributed by atoms with Crippen LogP contribution in [0.2, 0.25) is 10.0 Å². The van der Waals surface area contributed by atoms with Gasteiger partial charge in [0.05, 0.1) is 17.9 Å². The first-order valence-electron chi connectivity index (χ1n) is 10.4. The van der Waals surface area contributed by atoms with Gasteiger partial charge in [0.15, 0.2) is 4.34 Å². The summed E-state index contributed by atoms with van der Waals surface area (Å²) in [6, 6.07) is 14.7. The van der Waals surface area contributed by atoms with Gasteiger partial charge >= 0.3 is 0 Å². The Hall–Kier alpha value is -2.26.